The zero-order valence-electron chi connectivity index (χ0n) is 10.8. The van der Waals surface area contributed by atoms with Crippen molar-refractivity contribution < 1.29 is 14.4 Å². The fraction of sp³-hybridized carbons (Fsp3) is 0.750. The number of likely N-dealkylation sites (tertiary alicyclic amines) is 1. The number of nitrogens with zero attached hydrogens (tertiary/aromatic N) is 3. The van der Waals surface area contributed by atoms with Gasteiger partial charge in [-0.25, -0.2) is 0 Å². The standard InChI is InChI=1S/C12H19N3O3/c1-3-10-13-9(14-18-10)8-15-7-5-6-12(15,4-2)11(16)17/h3-8H2,1-2H3,(H,16,17). The summed E-state index contributed by atoms with van der Waals surface area (Å²) in [4.78, 5) is 17.7. The Bertz CT molecular complexity index is 432. The number of carboxylic acids is 1. The van der Waals surface area contributed by atoms with E-state index in [-0.39, 0.29) is 0 Å². The normalized spacial score (nSPS) is 24.6. The number of carboxylic acid groups (broad SMARTS) is 1. The zero-order valence-corrected chi connectivity index (χ0v) is 10.8. The van der Waals surface area contributed by atoms with Crippen LogP contribution in [-0.2, 0) is 17.8 Å². The quantitative estimate of drug-likeness (QED) is 0.855. The largest absolute Gasteiger partial charge is 0.480 e. The highest BCUT2D eigenvalue weighted by Crippen LogP contribution is 2.33. The fourth-order valence-electron chi connectivity index (χ4n) is 2.63. The lowest BCUT2D eigenvalue weighted by Crippen LogP contribution is -2.49. The van der Waals surface area contributed by atoms with Gasteiger partial charge in [0.2, 0.25) is 5.89 Å². The number of aromatic nitrogens is 2. The van der Waals surface area contributed by atoms with Gasteiger partial charge in [-0.2, -0.15) is 4.98 Å². The molecule has 6 heteroatoms. The molecule has 1 aromatic heterocycles. The van der Waals surface area contributed by atoms with E-state index in [0.717, 1.165) is 13.0 Å². The average Bonchev–Trinajstić information content (AvgIpc) is 2.96. The van der Waals surface area contributed by atoms with E-state index in [9.17, 15) is 9.90 Å². The number of aliphatic carboxylic acids is 1. The highest BCUT2D eigenvalue weighted by atomic mass is 16.5. The highest BCUT2D eigenvalue weighted by molar-refractivity contribution is 5.79. The van der Waals surface area contributed by atoms with Crippen LogP contribution in [0.1, 0.15) is 44.8 Å². The summed E-state index contributed by atoms with van der Waals surface area (Å²) in [5.74, 6) is 0.427. The van der Waals surface area contributed by atoms with Crippen LogP contribution in [0.25, 0.3) is 0 Å². The SMILES string of the molecule is CCc1nc(CN2CCCC2(CC)C(=O)O)no1. The van der Waals surface area contributed by atoms with Crippen molar-refractivity contribution in [2.24, 2.45) is 0 Å². The minimum absolute atomic E-state index is 0.448. The van der Waals surface area contributed by atoms with Gasteiger partial charge in [0.15, 0.2) is 5.82 Å². The summed E-state index contributed by atoms with van der Waals surface area (Å²) in [6.07, 6.45) is 2.89. The lowest BCUT2D eigenvalue weighted by atomic mass is 9.93. The van der Waals surface area contributed by atoms with Crippen LogP contribution in [0.4, 0.5) is 0 Å². The predicted molar refractivity (Wildman–Crippen MR) is 64.0 cm³/mol. The second-order valence-electron chi connectivity index (χ2n) is 4.67. The third-order valence-corrected chi connectivity index (χ3v) is 3.75. The summed E-state index contributed by atoms with van der Waals surface area (Å²) in [6.45, 7) is 5.08. The Morgan fingerprint density at radius 2 is 2.33 bits per heavy atom. The van der Waals surface area contributed by atoms with E-state index in [2.05, 4.69) is 10.1 Å². The second-order valence-corrected chi connectivity index (χ2v) is 4.67. The topological polar surface area (TPSA) is 79.5 Å². The lowest BCUT2D eigenvalue weighted by molar-refractivity contribution is -0.150. The van der Waals surface area contributed by atoms with Crippen LogP contribution in [0, 0.1) is 0 Å². The number of rotatable bonds is 5. The smallest absolute Gasteiger partial charge is 0.324 e. The zero-order chi connectivity index (χ0) is 13.2. The molecular formula is C12H19N3O3. The van der Waals surface area contributed by atoms with Gasteiger partial charge in [-0.1, -0.05) is 19.0 Å². The Balaban J connectivity index is 2.14. The molecule has 1 atom stereocenters. The summed E-state index contributed by atoms with van der Waals surface area (Å²) in [5.41, 5.74) is -0.757. The number of hydrogen-bond acceptors (Lipinski definition) is 5. The van der Waals surface area contributed by atoms with Crippen molar-refractivity contribution in [2.75, 3.05) is 6.54 Å². The van der Waals surface area contributed by atoms with Gasteiger partial charge < -0.3 is 9.63 Å². The van der Waals surface area contributed by atoms with E-state index in [1.807, 2.05) is 18.7 Å². The first-order valence-electron chi connectivity index (χ1n) is 6.42. The molecule has 0 bridgehead atoms. The number of carbonyl (C=O) groups is 1. The molecule has 0 saturated carbocycles. The fourth-order valence-corrected chi connectivity index (χ4v) is 2.63. The van der Waals surface area contributed by atoms with Crippen LogP contribution < -0.4 is 0 Å². The molecule has 1 aliphatic rings. The van der Waals surface area contributed by atoms with E-state index in [4.69, 9.17) is 4.52 Å². The van der Waals surface area contributed by atoms with E-state index in [0.29, 0.717) is 37.5 Å². The van der Waals surface area contributed by atoms with E-state index in [1.54, 1.807) is 0 Å². The molecule has 0 spiro atoms. The maximum Gasteiger partial charge on any atom is 0.324 e. The van der Waals surface area contributed by atoms with Crippen LogP contribution in [-0.4, -0.2) is 38.2 Å². The van der Waals surface area contributed by atoms with Crippen molar-refractivity contribution in [1.29, 1.82) is 0 Å². The predicted octanol–water partition coefficient (Wildman–Crippen LogP) is 1.46. The van der Waals surface area contributed by atoms with E-state index < -0.39 is 11.5 Å². The van der Waals surface area contributed by atoms with Crippen LogP contribution in [0.15, 0.2) is 4.52 Å². The van der Waals surface area contributed by atoms with Gasteiger partial charge >= 0.3 is 5.97 Å². The molecule has 6 nitrogen and oxygen atoms in total. The van der Waals surface area contributed by atoms with Crippen molar-refractivity contribution >= 4 is 5.97 Å². The molecule has 1 N–H and O–H groups in total. The Kier molecular flexibility index (Phi) is 3.65. The third kappa shape index (κ3) is 2.12. The molecule has 1 aromatic rings. The molecule has 0 aromatic carbocycles. The molecule has 100 valence electrons. The summed E-state index contributed by atoms with van der Waals surface area (Å²) in [7, 11) is 0. The van der Waals surface area contributed by atoms with Gasteiger partial charge in [0, 0.05) is 6.42 Å². The van der Waals surface area contributed by atoms with Crippen LogP contribution in [0.2, 0.25) is 0 Å². The first kappa shape index (κ1) is 13.0. The molecule has 2 rings (SSSR count). The maximum absolute atomic E-state index is 11.5. The van der Waals surface area contributed by atoms with Gasteiger partial charge in [-0.3, -0.25) is 9.69 Å². The second kappa shape index (κ2) is 5.06. The Labute approximate surface area is 106 Å². The van der Waals surface area contributed by atoms with Crippen molar-refractivity contribution in [3.8, 4) is 0 Å². The summed E-state index contributed by atoms with van der Waals surface area (Å²) >= 11 is 0. The molecule has 1 aliphatic heterocycles. The Hall–Kier alpha value is -1.43. The van der Waals surface area contributed by atoms with Crippen molar-refractivity contribution in [2.45, 2.75) is 51.6 Å². The van der Waals surface area contributed by atoms with E-state index >= 15 is 0 Å². The summed E-state index contributed by atoms with van der Waals surface area (Å²) in [5, 5.41) is 13.3. The first-order chi connectivity index (χ1) is 8.62. The molecule has 1 fully saturated rings. The molecule has 1 unspecified atom stereocenters. The minimum atomic E-state index is -0.757. The molecule has 18 heavy (non-hydrogen) atoms. The van der Waals surface area contributed by atoms with Gasteiger partial charge in [-0.05, 0) is 25.8 Å². The van der Waals surface area contributed by atoms with E-state index in [1.165, 1.54) is 0 Å². The number of aryl methyl sites for hydroxylation is 1. The highest BCUT2D eigenvalue weighted by Gasteiger charge is 2.46. The van der Waals surface area contributed by atoms with Crippen LogP contribution in [0.3, 0.4) is 0 Å². The first-order valence-corrected chi connectivity index (χ1v) is 6.42. The maximum atomic E-state index is 11.5. The monoisotopic (exact) mass is 253 g/mol. The summed E-state index contributed by atoms with van der Waals surface area (Å²) in [6, 6.07) is 0. The van der Waals surface area contributed by atoms with Crippen molar-refractivity contribution in [3.63, 3.8) is 0 Å². The third-order valence-electron chi connectivity index (χ3n) is 3.75. The molecule has 1 saturated heterocycles. The molecule has 0 amide bonds. The molecular weight excluding hydrogens is 234 g/mol. The van der Waals surface area contributed by atoms with Gasteiger partial charge in [0.1, 0.15) is 5.54 Å². The molecule has 2 heterocycles. The Morgan fingerprint density at radius 3 is 2.89 bits per heavy atom. The minimum Gasteiger partial charge on any atom is -0.480 e. The summed E-state index contributed by atoms with van der Waals surface area (Å²) < 4.78 is 5.05. The average molecular weight is 253 g/mol. The van der Waals surface area contributed by atoms with Crippen molar-refractivity contribution in [3.05, 3.63) is 11.7 Å². The molecule has 0 aliphatic carbocycles. The van der Waals surface area contributed by atoms with Gasteiger partial charge in [0.25, 0.3) is 0 Å². The van der Waals surface area contributed by atoms with Gasteiger partial charge in [0.05, 0.1) is 6.54 Å². The van der Waals surface area contributed by atoms with Crippen LogP contribution >= 0.6 is 0 Å². The van der Waals surface area contributed by atoms with Gasteiger partial charge in [-0.15, -0.1) is 0 Å². The molecule has 0 radical (unpaired) electrons. The number of hydrogen-bond donors (Lipinski definition) is 1. The lowest BCUT2D eigenvalue weighted by Gasteiger charge is -2.32. The Morgan fingerprint density at radius 1 is 1.56 bits per heavy atom. The van der Waals surface area contributed by atoms with Crippen LogP contribution in [0.5, 0.6) is 0 Å². The van der Waals surface area contributed by atoms with Crippen molar-refractivity contribution in [1.82, 2.24) is 15.0 Å².